The molecule has 0 bridgehead atoms. The molecule has 0 aliphatic carbocycles. The number of aliphatic imine (C=N–C) groups is 1. The molecule has 1 aliphatic rings. The fraction of sp³-hybridized carbons (Fsp3) is 0.467. The minimum absolute atomic E-state index is 0.180. The van der Waals surface area contributed by atoms with Crippen LogP contribution in [0.2, 0.25) is 5.02 Å². The van der Waals surface area contributed by atoms with Crippen LogP contribution in [0.4, 0.5) is 0 Å². The number of halogens is 1. The molecule has 0 aromatic heterocycles. The van der Waals surface area contributed by atoms with Gasteiger partial charge < -0.3 is 9.47 Å². The van der Waals surface area contributed by atoms with E-state index in [0.29, 0.717) is 36.8 Å². The van der Waals surface area contributed by atoms with Gasteiger partial charge in [0.15, 0.2) is 6.61 Å². The second kappa shape index (κ2) is 7.89. The van der Waals surface area contributed by atoms with Crippen LogP contribution in [0, 0.1) is 4.91 Å². The highest BCUT2D eigenvalue weighted by atomic mass is 35.5. The number of carbonyl (C=O) groups excluding carboxylic acids is 1. The molecule has 0 radical (unpaired) electrons. The predicted molar refractivity (Wildman–Crippen MR) is 83.8 cm³/mol. The number of nitroso groups, excluding NO2 is 1. The first kappa shape index (κ1) is 16.4. The van der Waals surface area contributed by atoms with Crippen molar-refractivity contribution in [3.05, 3.63) is 33.7 Å². The lowest BCUT2D eigenvalue weighted by molar-refractivity contribution is -0.145. The van der Waals surface area contributed by atoms with Gasteiger partial charge >= 0.3 is 5.97 Å². The van der Waals surface area contributed by atoms with Gasteiger partial charge in [0, 0.05) is 5.71 Å². The van der Waals surface area contributed by atoms with Crippen molar-refractivity contribution in [1.82, 2.24) is 0 Å². The number of benzene rings is 1. The zero-order chi connectivity index (χ0) is 15.9. The van der Waals surface area contributed by atoms with Crippen LogP contribution in [0.5, 0.6) is 5.75 Å². The molecule has 2 rings (SSSR count). The summed E-state index contributed by atoms with van der Waals surface area (Å²) in [6.07, 6.45) is 1.39. The summed E-state index contributed by atoms with van der Waals surface area (Å²) in [6.45, 7) is 2.28. The fourth-order valence-corrected chi connectivity index (χ4v) is 2.38. The second-order valence-corrected chi connectivity index (χ2v) is 5.23. The standard InChI is InChI=1S/C15H17ClN2O4/c1-2-21-15(19)9-22-14-6-3-10(7-12(14)16)13-5-4-11(18-20)8-17-13/h3,6-7,11H,2,4-5,8-9H2,1H3. The van der Waals surface area contributed by atoms with E-state index in [4.69, 9.17) is 21.1 Å². The van der Waals surface area contributed by atoms with E-state index in [1.54, 1.807) is 19.1 Å². The van der Waals surface area contributed by atoms with E-state index < -0.39 is 5.97 Å². The van der Waals surface area contributed by atoms with E-state index in [0.717, 1.165) is 11.3 Å². The van der Waals surface area contributed by atoms with Gasteiger partial charge in [-0.2, -0.15) is 4.91 Å². The first-order chi connectivity index (χ1) is 10.6. The van der Waals surface area contributed by atoms with Gasteiger partial charge in [-0.25, -0.2) is 4.79 Å². The number of carbonyl (C=O) groups is 1. The van der Waals surface area contributed by atoms with Gasteiger partial charge in [0.05, 0.1) is 18.2 Å². The Morgan fingerprint density at radius 3 is 2.91 bits per heavy atom. The lowest BCUT2D eigenvalue weighted by Crippen LogP contribution is -2.19. The smallest absolute Gasteiger partial charge is 0.344 e. The van der Waals surface area contributed by atoms with Crippen LogP contribution in [0.25, 0.3) is 0 Å². The summed E-state index contributed by atoms with van der Waals surface area (Å²) in [5.41, 5.74) is 1.79. The van der Waals surface area contributed by atoms with E-state index in [2.05, 4.69) is 10.2 Å². The summed E-state index contributed by atoms with van der Waals surface area (Å²) in [7, 11) is 0. The average molecular weight is 325 g/mol. The molecule has 1 unspecified atom stereocenters. The van der Waals surface area contributed by atoms with Gasteiger partial charge in [-0.3, -0.25) is 4.99 Å². The van der Waals surface area contributed by atoms with E-state index >= 15 is 0 Å². The maximum atomic E-state index is 11.3. The van der Waals surface area contributed by atoms with Crippen LogP contribution in [0.15, 0.2) is 28.4 Å². The van der Waals surface area contributed by atoms with Crippen molar-refractivity contribution in [1.29, 1.82) is 0 Å². The maximum Gasteiger partial charge on any atom is 0.344 e. The summed E-state index contributed by atoms with van der Waals surface area (Å²) in [5, 5.41) is 3.42. The van der Waals surface area contributed by atoms with Gasteiger partial charge in [-0.05, 0) is 43.5 Å². The molecule has 0 spiro atoms. The molecular weight excluding hydrogens is 308 g/mol. The Morgan fingerprint density at radius 2 is 2.32 bits per heavy atom. The molecule has 1 aromatic rings. The number of ether oxygens (including phenoxy) is 2. The zero-order valence-corrected chi connectivity index (χ0v) is 13.0. The molecule has 0 N–H and O–H groups in total. The lowest BCUT2D eigenvalue weighted by atomic mass is 9.99. The first-order valence-corrected chi connectivity index (χ1v) is 7.46. The largest absolute Gasteiger partial charge is 0.480 e. The molecule has 0 saturated carbocycles. The molecule has 0 fully saturated rings. The monoisotopic (exact) mass is 324 g/mol. The quantitative estimate of drug-likeness (QED) is 0.595. The highest BCUT2D eigenvalue weighted by molar-refractivity contribution is 6.32. The van der Waals surface area contributed by atoms with Crippen molar-refractivity contribution in [3.8, 4) is 5.75 Å². The third-order valence-corrected chi connectivity index (χ3v) is 3.57. The number of rotatable bonds is 6. The molecule has 0 saturated heterocycles. The highest BCUT2D eigenvalue weighted by Crippen LogP contribution is 2.27. The number of nitrogens with zero attached hydrogens (tertiary/aromatic N) is 2. The van der Waals surface area contributed by atoms with Crippen LogP contribution >= 0.6 is 11.6 Å². The Kier molecular flexibility index (Phi) is 5.89. The van der Waals surface area contributed by atoms with Crippen molar-refractivity contribution >= 4 is 23.3 Å². The molecule has 1 heterocycles. The molecule has 6 nitrogen and oxygen atoms in total. The summed E-state index contributed by atoms with van der Waals surface area (Å²) in [6, 6.07) is 5.05. The van der Waals surface area contributed by atoms with Crippen LogP contribution in [-0.2, 0) is 9.53 Å². The average Bonchev–Trinajstić information content (AvgIpc) is 2.54. The van der Waals surface area contributed by atoms with E-state index in [1.165, 1.54) is 0 Å². The SMILES string of the molecule is CCOC(=O)COc1ccc(C2=NCC(N=O)CC2)cc1Cl. The molecule has 0 amide bonds. The normalized spacial score (nSPS) is 17.5. The predicted octanol–water partition coefficient (Wildman–Crippen LogP) is 3.00. The summed E-state index contributed by atoms with van der Waals surface area (Å²) in [4.78, 5) is 26.1. The molecule has 7 heteroatoms. The van der Waals surface area contributed by atoms with Gasteiger partial charge in [0.1, 0.15) is 11.8 Å². The molecule has 1 aliphatic heterocycles. The molecule has 1 atom stereocenters. The van der Waals surface area contributed by atoms with Crippen molar-refractivity contribution in [2.24, 2.45) is 10.2 Å². The summed E-state index contributed by atoms with van der Waals surface area (Å²) in [5.74, 6) is -0.0194. The summed E-state index contributed by atoms with van der Waals surface area (Å²) >= 11 is 6.16. The van der Waals surface area contributed by atoms with E-state index in [9.17, 15) is 9.70 Å². The van der Waals surface area contributed by atoms with Crippen LogP contribution in [0.3, 0.4) is 0 Å². The Balaban J connectivity index is 2.02. The van der Waals surface area contributed by atoms with Crippen LogP contribution in [0.1, 0.15) is 25.3 Å². The third kappa shape index (κ3) is 4.27. The van der Waals surface area contributed by atoms with Crippen LogP contribution < -0.4 is 4.74 Å². The molecule has 1 aromatic carbocycles. The van der Waals surface area contributed by atoms with Crippen molar-refractivity contribution in [2.75, 3.05) is 19.8 Å². The van der Waals surface area contributed by atoms with Crippen molar-refractivity contribution in [3.63, 3.8) is 0 Å². The Bertz CT molecular complexity index is 589. The number of hydrogen-bond donors (Lipinski definition) is 0. The highest BCUT2D eigenvalue weighted by Gasteiger charge is 2.18. The van der Waals surface area contributed by atoms with Gasteiger partial charge in [-0.15, -0.1) is 0 Å². The molecule has 22 heavy (non-hydrogen) atoms. The first-order valence-electron chi connectivity index (χ1n) is 7.08. The number of hydrogen-bond acceptors (Lipinski definition) is 6. The van der Waals surface area contributed by atoms with Gasteiger partial charge in [0.25, 0.3) is 0 Å². The second-order valence-electron chi connectivity index (χ2n) is 4.82. The fourth-order valence-electron chi connectivity index (χ4n) is 2.15. The van der Waals surface area contributed by atoms with Crippen LogP contribution in [-0.4, -0.2) is 37.5 Å². The molecular formula is C15H17ClN2O4. The Labute approximate surface area is 133 Å². The van der Waals surface area contributed by atoms with Crippen molar-refractivity contribution in [2.45, 2.75) is 25.8 Å². The maximum absolute atomic E-state index is 11.3. The Hall–Kier alpha value is -1.95. The summed E-state index contributed by atoms with van der Waals surface area (Å²) < 4.78 is 10.1. The molecule has 118 valence electrons. The van der Waals surface area contributed by atoms with E-state index in [-0.39, 0.29) is 12.6 Å². The van der Waals surface area contributed by atoms with Crippen molar-refractivity contribution < 1.29 is 14.3 Å². The Morgan fingerprint density at radius 1 is 1.50 bits per heavy atom. The zero-order valence-electron chi connectivity index (χ0n) is 12.3. The minimum Gasteiger partial charge on any atom is -0.480 e. The topological polar surface area (TPSA) is 77.3 Å². The number of esters is 1. The van der Waals surface area contributed by atoms with Gasteiger partial charge in [0.2, 0.25) is 0 Å². The minimum atomic E-state index is -0.438. The van der Waals surface area contributed by atoms with E-state index in [1.807, 2.05) is 6.07 Å². The van der Waals surface area contributed by atoms with Gasteiger partial charge in [-0.1, -0.05) is 16.8 Å². The lowest BCUT2D eigenvalue weighted by Gasteiger charge is -2.16. The third-order valence-electron chi connectivity index (χ3n) is 3.27.